The van der Waals surface area contributed by atoms with Crippen LogP contribution in [0.1, 0.15) is 20.8 Å². The first kappa shape index (κ1) is 17.1. The molecule has 0 radical (unpaired) electrons. The Balaban J connectivity index is 0. The van der Waals surface area contributed by atoms with Crippen molar-refractivity contribution >= 4 is 10.4 Å². The summed E-state index contributed by atoms with van der Waals surface area (Å²) in [5.41, 5.74) is 0. The number of hydrogen-bond donors (Lipinski definition) is 5. The third kappa shape index (κ3) is 13.7. The molecule has 8 nitrogen and oxygen atoms in total. The monoisotopic (exact) mass is 247 g/mol. The van der Waals surface area contributed by atoms with Gasteiger partial charge < -0.3 is 15.3 Å². The lowest BCUT2D eigenvalue weighted by molar-refractivity contribution is -0.159. The van der Waals surface area contributed by atoms with Crippen molar-refractivity contribution in [2.24, 2.45) is 0 Å². The fraction of sp³-hybridized carbons (Fsp3) is 1.00. The molecule has 3 unspecified atom stereocenters. The van der Waals surface area contributed by atoms with Crippen molar-refractivity contribution in [3.8, 4) is 0 Å². The molecule has 0 aliphatic heterocycles. The zero-order valence-electron chi connectivity index (χ0n) is 8.64. The van der Waals surface area contributed by atoms with Gasteiger partial charge in [0, 0.05) is 0 Å². The summed E-state index contributed by atoms with van der Waals surface area (Å²) in [7, 11) is -4.67. The van der Waals surface area contributed by atoms with Gasteiger partial charge in [0.1, 0.15) is 18.7 Å². The molecular weight excluding hydrogens is 230 g/mol. The largest absolute Gasteiger partial charge is 0.394 e. The van der Waals surface area contributed by atoms with E-state index < -0.39 is 29.1 Å². The lowest BCUT2D eigenvalue weighted by Gasteiger charge is -2.30. The molecule has 0 rings (SSSR count). The summed E-state index contributed by atoms with van der Waals surface area (Å²) in [5.74, 6) is 0. The van der Waals surface area contributed by atoms with E-state index in [0.29, 0.717) is 0 Å². The highest BCUT2D eigenvalue weighted by Crippen LogP contribution is 2.04. The number of nitrogens with zero attached hydrogens (tertiary/aromatic N) is 1. The molecule has 94 valence electrons. The first-order chi connectivity index (χ1) is 6.46. The van der Waals surface area contributed by atoms with Gasteiger partial charge in [-0.25, -0.2) is 4.90 Å². The fourth-order valence-electron chi connectivity index (χ4n) is 0.937. The Morgan fingerprint density at radius 2 is 1.00 bits per heavy atom. The molecule has 0 spiro atoms. The third-order valence-corrected chi connectivity index (χ3v) is 1.29. The number of hydrogen-bond acceptors (Lipinski definition) is 6. The summed E-state index contributed by atoms with van der Waals surface area (Å²) in [6, 6.07) is 0. The van der Waals surface area contributed by atoms with Crippen molar-refractivity contribution in [3.63, 3.8) is 0 Å². The van der Waals surface area contributed by atoms with E-state index in [4.69, 9.17) is 32.8 Å². The average molecular weight is 247 g/mol. The van der Waals surface area contributed by atoms with Crippen LogP contribution in [0.25, 0.3) is 0 Å². The molecule has 0 aliphatic rings. The Hall–Kier alpha value is -0.290. The summed E-state index contributed by atoms with van der Waals surface area (Å²) < 4.78 is 31.6. The molecule has 0 bridgehead atoms. The molecule has 9 heteroatoms. The SMILES string of the molecule is CC(O)N(C(C)O)C(C)O.O=S(=O)(O)O. The van der Waals surface area contributed by atoms with E-state index in [9.17, 15) is 0 Å². The maximum absolute atomic E-state index is 8.96. The first-order valence-electron chi connectivity index (χ1n) is 3.98. The smallest absolute Gasteiger partial charge is 0.379 e. The van der Waals surface area contributed by atoms with Gasteiger partial charge in [0.25, 0.3) is 0 Å². The Labute approximate surface area is 88.3 Å². The molecule has 0 aromatic carbocycles. The molecule has 0 saturated heterocycles. The summed E-state index contributed by atoms with van der Waals surface area (Å²) >= 11 is 0. The molecule has 0 aromatic heterocycles. The minimum Gasteiger partial charge on any atom is -0.379 e. The van der Waals surface area contributed by atoms with Crippen molar-refractivity contribution in [1.82, 2.24) is 4.90 Å². The minimum atomic E-state index is -4.67. The van der Waals surface area contributed by atoms with E-state index in [2.05, 4.69) is 0 Å². The van der Waals surface area contributed by atoms with Crippen LogP contribution in [0.15, 0.2) is 0 Å². The van der Waals surface area contributed by atoms with E-state index >= 15 is 0 Å². The van der Waals surface area contributed by atoms with E-state index in [-0.39, 0.29) is 0 Å². The maximum atomic E-state index is 8.96. The number of aliphatic hydroxyl groups is 3. The van der Waals surface area contributed by atoms with Gasteiger partial charge in [-0.3, -0.25) is 9.11 Å². The molecule has 0 amide bonds. The van der Waals surface area contributed by atoms with Crippen LogP contribution in [-0.4, -0.2) is 56.4 Å². The zero-order valence-corrected chi connectivity index (χ0v) is 9.46. The predicted molar refractivity (Wildman–Crippen MR) is 51.1 cm³/mol. The fourth-order valence-corrected chi connectivity index (χ4v) is 0.937. The van der Waals surface area contributed by atoms with Crippen molar-refractivity contribution in [2.45, 2.75) is 39.5 Å². The van der Waals surface area contributed by atoms with E-state index in [1.54, 1.807) is 0 Å². The topological polar surface area (TPSA) is 139 Å². The molecule has 5 N–H and O–H groups in total. The normalized spacial score (nSPS) is 17.7. The second kappa shape index (κ2) is 7.06. The third-order valence-electron chi connectivity index (χ3n) is 1.29. The summed E-state index contributed by atoms with van der Waals surface area (Å²) in [5, 5.41) is 26.9. The molecule has 0 aromatic rings. The van der Waals surface area contributed by atoms with E-state index in [1.807, 2.05) is 0 Å². The molecular formula is C6H17NO7S. The molecule has 0 fully saturated rings. The quantitative estimate of drug-likeness (QED) is 0.305. The lowest BCUT2D eigenvalue weighted by atomic mass is 10.4. The van der Waals surface area contributed by atoms with Crippen LogP contribution in [0.2, 0.25) is 0 Å². The lowest BCUT2D eigenvalue weighted by Crippen LogP contribution is -2.45. The molecule has 0 aliphatic carbocycles. The van der Waals surface area contributed by atoms with Gasteiger partial charge in [0.05, 0.1) is 0 Å². The van der Waals surface area contributed by atoms with Crippen molar-refractivity contribution in [3.05, 3.63) is 0 Å². The van der Waals surface area contributed by atoms with Crippen molar-refractivity contribution in [2.75, 3.05) is 0 Å². The average Bonchev–Trinajstić information content (AvgIpc) is 1.77. The van der Waals surface area contributed by atoms with Gasteiger partial charge >= 0.3 is 10.4 Å². The minimum absolute atomic E-state index is 0.833. The van der Waals surface area contributed by atoms with Gasteiger partial charge in [0.15, 0.2) is 0 Å². The zero-order chi connectivity index (χ0) is 12.8. The molecule has 3 atom stereocenters. The Morgan fingerprint density at radius 3 is 1.00 bits per heavy atom. The van der Waals surface area contributed by atoms with Crippen LogP contribution < -0.4 is 0 Å². The van der Waals surface area contributed by atoms with Crippen LogP contribution in [-0.2, 0) is 10.4 Å². The Kier molecular flexibility index (Phi) is 8.06. The van der Waals surface area contributed by atoms with Gasteiger partial charge in [-0.1, -0.05) is 0 Å². The summed E-state index contributed by atoms with van der Waals surface area (Å²) in [4.78, 5) is 1.17. The van der Waals surface area contributed by atoms with Crippen molar-refractivity contribution < 1.29 is 32.8 Å². The van der Waals surface area contributed by atoms with Crippen LogP contribution >= 0.6 is 0 Å². The van der Waals surface area contributed by atoms with Gasteiger partial charge in [-0.2, -0.15) is 8.42 Å². The van der Waals surface area contributed by atoms with Crippen LogP contribution in [0.5, 0.6) is 0 Å². The number of aliphatic hydroxyl groups excluding tert-OH is 3. The van der Waals surface area contributed by atoms with Gasteiger partial charge in [-0.15, -0.1) is 0 Å². The maximum Gasteiger partial charge on any atom is 0.394 e. The van der Waals surface area contributed by atoms with E-state index in [0.717, 1.165) is 0 Å². The highest BCUT2D eigenvalue weighted by molar-refractivity contribution is 7.79. The van der Waals surface area contributed by atoms with Gasteiger partial charge in [-0.05, 0) is 20.8 Å². The molecule has 0 saturated carbocycles. The number of rotatable bonds is 3. The standard InChI is InChI=1S/C6H15NO3.H2O4S/c1-4(8)7(5(2)9)6(3)10;1-5(2,3)4/h4-6,8-10H,1-3H3;(H2,1,2,3,4). The van der Waals surface area contributed by atoms with Gasteiger partial charge in [0.2, 0.25) is 0 Å². The first-order valence-corrected chi connectivity index (χ1v) is 5.38. The predicted octanol–water partition coefficient (Wildman–Crippen LogP) is -1.35. The van der Waals surface area contributed by atoms with Crippen LogP contribution in [0.4, 0.5) is 0 Å². The second-order valence-electron chi connectivity index (χ2n) is 2.79. The van der Waals surface area contributed by atoms with Crippen LogP contribution in [0.3, 0.4) is 0 Å². The summed E-state index contributed by atoms with van der Waals surface area (Å²) in [6.45, 7) is 4.46. The highest BCUT2D eigenvalue weighted by atomic mass is 32.3. The Bertz CT molecular complexity index is 221. The van der Waals surface area contributed by atoms with Crippen molar-refractivity contribution in [1.29, 1.82) is 0 Å². The molecule has 15 heavy (non-hydrogen) atoms. The summed E-state index contributed by atoms with van der Waals surface area (Å²) in [6.07, 6.45) is -2.50. The Morgan fingerprint density at radius 1 is 0.867 bits per heavy atom. The van der Waals surface area contributed by atoms with Crippen LogP contribution in [0, 0.1) is 0 Å². The highest BCUT2D eigenvalue weighted by Gasteiger charge is 2.20. The van der Waals surface area contributed by atoms with E-state index in [1.165, 1.54) is 25.7 Å². The second-order valence-corrected chi connectivity index (χ2v) is 3.69. The molecule has 0 heterocycles.